The minimum Gasteiger partial charge on any atom is -0.469 e. The first kappa shape index (κ1) is 14.8. The van der Waals surface area contributed by atoms with E-state index in [1.165, 1.54) is 18.4 Å². The predicted octanol–water partition coefficient (Wildman–Crippen LogP) is 3.07. The normalized spacial score (nSPS) is 15.6. The van der Waals surface area contributed by atoms with Crippen molar-refractivity contribution in [1.29, 1.82) is 0 Å². The molecule has 1 aromatic heterocycles. The molecule has 1 fully saturated rings. The van der Waals surface area contributed by atoms with Crippen molar-refractivity contribution in [3.05, 3.63) is 59.3 Å². The summed E-state index contributed by atoms with van der Waals surface area (Å²) < 4.78 is 18.1. The van der Waals surface area contributed by atoms with E-state index in [1.54, 1.807) is 30.0 Å². The summed E-state index contributed by atoms with van der Waals surface area (Å²) in [7, 11) is 0. The number of hydrogen-bond donors (Lipinski definition) is 1. The Kier molecular flexibility index (Phi) is 3.98. The average Bonchev–Trinajstić information content (AvgIpc) is 3.26. The van der Waals surface area contributed by atoms with Crippen molar-refractivity contribution in [3.8, 4) is 0 Å². The van der Waals surface area contributed by atoms with Crippen molar-refractivity contribution in [1.82, 2.24) is 4.90 Å². The zero-order valence-corrected chi connectivity index (χ0v) is 12.3. The van der Waals surface area contributed by atoms with Crippen LogP contribution in [0.15, 0.2) is 41.0 Å². The molecule has 0 radical (unpaired) electrons. The van der Waals surface area contributed by atoms with Crippen LogP contribution in [0, 0.1) is 12.7 Å². The van der Waals surface area contributed by atoms with Gasteiger partial charge in [0, 0.05) is 6.04 Å². The first-order valence-electron chi connectivity index (χ1n) is 7.35. The summed E-state index contributed by atoms with van der Waals surface area (Å²) in [6, 6.07) is 7.51. The Morgan fingerprint density at radius 2 is 2.05 bits per heavy atom. The topological polar surface area (TPSA) is 53.7 Å². The highest BCUT2D eigenvalue weighted by Gasteiger charge is 2.35. The SMILES string of the molecule is Cc1occc1C(=O)N(CC(O)c1ccc(F)cc1)C1CC1. The summed E-state index contributed by atoms with van der Waals surface area (Å²) >= 11 is 0. The van der Waals surface area contributed by atoms with Gasteiger partial charge in [0.2, 0.25) is 0 Å². The second-order valence-corrected chi connectivity index (χ2v) is 5.65. The highest BCUT2D eigenvalue weighted by atomic mass is 19.1. The van der Waals surface area contributed by atoms with E-state index in [4.69, 9.17) is 4.42 Å². The van der Waals surface area contributed by atoms with E-state index in [0.29, 0.717) is 16.9 Å². The van der Waals surface area contributed by atoms with Crippen LogP contribution in [0.25, 0.3) is 0 Å². The van der Waals surface area contributed by atoms with E-state index in [2.05, 4.69) is 0 Å². The Morgan fingerprint density at radius 1 is 1.36 bits per heavy atom. The molecule has 3 rings (SSSR count). The molecule has 1 saturated carbocycles. The number of carbonyl (C=O) groups is 1. The predicted molar refractivity (Wildman–Crippen MR) is 78.9 cm³/mol. The van der Waals surface area contributed by atoms with Gasteiger partial charge in [-0.1, -0.05) is 12.1 Å². The van der Waals surface area contributed by atoms with Gasteiger partial charge in [0.1, 0.15) is 11.6 Å². The molecule has 22 heavy (non-hydrogen) atoms. The minimum absolute atomic E-state index is 0.130. The third-order valence-electron chi connectivity index (χ3n) is 3.96. The number of hydrogen-bond acceptors (Lipinski definition) is 3. The molecule has 0 saturated heterocycles. The number of halogens is 1. The lowest BCUT2D eigenvalue weighted by Crippen LogP contribution is -2.36. The molecule has 1 amide bonds. The lowest BCUT2D eigenvalue weighted by atomic mass is 10.1. The van der Waals surface area contributed by atoms with E-state index in [0.717, 1.165) is 12.8 Å². The van der Waals surface area contributed by atoms with E-state index in [9.17, 15) is 14.3 Å². The maximum absolute atomic E-state index is 13.0. The first-order chi connectivity index (χ1) is 10.6. The summed E-state index contributed by atoms with van der Waals surface area (Å²) in [5.41, 5.74) is 1.13. The van der Waals surface area contributed by atoms with Gasteiger partial charge in [-0.2, -0.15) is 0 Å². The molecule has 1 aromatic carbocycles. The maximum Gasteiger partial charge on any atom is 0.257 e. The molecule has 0 bridgehead atoms. The van der Waals surface area contributed by atoms with Crippen LogP contribution in [-0.4, -0.2) is 28.5 Å². The van der Waals surface area contributed by atoms with Crippen LogP contribution in [0.4, 0.5) is 4.39 Å². The Bertz CT molecular complexity index is 661. The monoisotopic (exact) mass is 303 g/mol. The Morgan fingerprint density at radius 3 is 2.59 bits per heavy atom. The number of aryl methyl sites for hydroxylation is 1. The van der Waals surface area contributed by atoms with Gasteiger partial charge in [0.15, 0.2) is 0 Å². The van der Waals surface area contributed by atoms with Gasteiger partial charge in [-0.25, -0.2) is 4.39 Å². The number of nitrogens with zero attached hydrogens (tertiary/aromatic N) is 1. The molecule has 1 unspecified atom stereocenters. The van der Waals surface area contributed by atoms with Crippen molar-refractivity contribution in [3.63, 3.8) is 0 Å². The number of rotatable bonds is 5. The van der Waals surface area contributed by atoms with E-state index < -0.39 is 6.10 Å². The summed E-state index contributed by atoms with van der Waals surface area (Å²) in [4.78, 5) is 14.3. The van der Waals surface area contributed by atoms with Gasteiger partial charge in [-0.3, -0.25) is 4.79 Å². The highest BCUT2D eigenvalue weighted by Crippen LogP contribution is 2.31. The fourth-order valence-corrected chi connectivity index (χ4v) is 2.52. The molecule has 1 heterocycles. The molecular weight excluding hydrogens is 285 g/mol. The zero-order chi connectivity index (χ0) is 15.7. The lowest BCUT2D eigenvalue weighted by Gasteiger charge is -2.25. The second kappa shape index (κ2) is 5.93. The van der Waals surface area contributed by atoms with Crippen molar-refractivity contribution >= 4 is 5.91 Å². The molecule has 0 spiro atoms. The quantitative estimate of drug-likeness (QED) is 0.923. The smallest absolute Gasteiger partial charge is 0.257 e. The van der Waals surface area contributed by atoms with Gasteiger partial charge in [-0.05, 0) is 43.5 Å². The van der Waals surface area contributed by atoms with Crippen LogP contribution < -0.4 is 0 Å². The van der Waals surface area contributed by atoms with Gasteiger partial charge in [-0.15, -0.1) is 0 Å². The van der Waals surface area contributed by atoms with Crippen LogP contribution in [-0.2, 0) is 0 Å². The van der Waals surface area contributed by atoms with E-state index >= 15 is 0 Å². The maximum atomic E-state index is 13.0. The molecule has 5 heteroatoms. The number of amides is 1. The molecule has 2 aromatic rings. The lowest BCUT2D eigenvalue weighted by molar-refractivity contribution is 0.0601. The van der Waals surface area contributed by atoms with Crippen molar-refractivity contribution in [2.24, 2.45) is 0 Å². The standard InChI is InChI=1S/C17H18FNO3/c1-11-15(8-9-22-11)17(21)19(14-6-7-14)10-16(20)12-2-4-13(18)5-3-12/h2-5,8-9,14,16,20H,6-7,10H2,1H3. The molecule has 0 aliphatic heterocycles. The summed E-state index contributed by atoms with van der Waals surface area (Å²) in [5.74, 6) is 0.0990. The number of carbonyl (C=O) groups excluding carboxylic acids is 1. The fraction of sp³-hybridized carbons (Fsp3) is 0.353. The van der Waals surface area contributed by atoms with Crippen LogP contribution in [0.5, 0.6) is 0 Å². The molecule has 4 nitrogen and oxygen atoms in total. The van der Waals surface area contributed by atoms with Crippen molar-refractivity contribution in [2.75, 3.05) is 6.54 Å². The van der Waals surface area contributed by atoms with Gasteiger partial charge in [0.25, 0.3) is 5.91 Å². The van der Waals surface area contributed by atoms with Gasteiger partial charge in [0.05, 0.1) is 24.5 Å². The van der Waals surface area contributed by atoms with Crippen molar-refractivity contribution < 1.29 is 18.7 Å². The Hall–Kier alpha value is -2.14. The van der Waals surface area contributed by atoms with Crippen molar-refractivity contribution in [2.45, 2.75) is 31.9 Å². The third-order valence-corrected chi connectivity index (χ3v) is 3.96. The number of benzene rings is 1. The van der Waals surface area contributed by atoms with Crippen LogP contribution >= 0.6 is 0 Å². The number of aliphatic hydroxyl groups excluding tert-OH is 1. The number of aliphatic hydroxyl groups is 1. The minimum atomic E-state index is -0.836. The summed E-state index contributed by atoms with van der Waals surface area (Å²) in [5, 5.41) is 10.3. The van der Waals surface area contributed by atoms with Crippen LogP contribution in [0.2, 0.25) is 0 Å². The van der Waals surface area contributed by atoms with E-state index in [-0.39, 0.29) is 24.3 Å². The second-order valence-electron chi connectivity index (χ2n) is 5.65. The molecule has 1 N–H and O–H groups in total. The van der Waals surface area contributed by atoms with Crippen LogP contribution in [0.1, 0.15) is 40.6 Å². The Balaban J connectivity index is 1.76. The largest absolute Gasteiger partial charge is 0.469 e. The third kappa shape index (κ3) is 3.04. The molecular formula is C17H18FNO3. The zero-order valence-electron chi connectivity index (χ0n) is 12.3. The first-order valence-corrected chi connectivity index (χ1v) is 7.35. The van der Waals surface area contributed by atoms with E-state index in [1.807, 2.05) is 0 Å². The van der Waals surface area contributed by atoms with Gasteiger partial charge >= 0.3 is 0 Å². The fourth-order valence-electron chi connectivity index (χ4n) is 2.52. The summed E-state index contributed by atoms with van der Waals surface area (Å²) in [6.07, 6.45) is 2.54. The highest BCUT2D eigenvalue weighted by molar-refractivity contribution is 5.95. The molecule has 1 atom stereocenters. The molecule has 1 aliphatic carbocycles. The van der Waals surface area contributed by atoms with Gasteiger partial charge < -0.3 is 14.4 Å². The number of furan rings is 1. The molecule has 116 valence electrons. The molecule has 1 aliphatic rings. The average molecular weight is 303 g/mol. The summed E-state index contributed by atoms with van der Waals surface area (Å²) in [6.45, 7) is 1.94. The van der Waals surface area contributed by atoms with Crippen LogP contribution in [0.3, 0.4) is 0 Å². The Labute approximate surface area is 128 Å².